The van der Waals surface area contributed by atoms with E-state index < -0.39 is 0 Å². The van der Waals surface area contributed by atoms with Crippen molar-refractivity contribution in [2.24, 2.45) is 11.7 Å². The van der Waals surface area contributed by atoms with E-state index in [1.54, 1.807) is 5.38 Å². The molecule has 1 aliphatic carbocycles. The molecule has 1 aromatic carbocycles. The molecule has 1 saturated carbocycles. The topological polar surface area (TPSA) is 86.5 Å². The summed E-state index contributed by atoms with van der Waals surface area (Å²) < 4.78 is 11.2. The molecule has 0 radical (unpaired) electrons. The van der Waals surface area contributed by atoms with Gasteiger partial charge in [-0.1, -0.05) is 6.07 Å². The SMILES string of the molecule is Cl.NCc1nc(C(=O)NC(c2ccc3c(c2)OCCO3)C2CC2)cs1. The van der Waals surface area contributed by atoms with Crippen molar-refractivity contribution in [3.05, 3.63) is 39.8 Å². The lowest BCUT2D eigenvalue weighted by Crippen LogP contribution is -2.30. The van der Waals surface area contributed by atoms with E-state index in [0.717, 1.165) is 34.9 Å². The van der Waals surface area contributed by atoms with E-state index in [4.69, 9.17) is 15.2 Å². The number of amides is 1. The molecule has 1 fully saturated rings. The zero-order valence-corrected chi connectivity index (χ0v) is 15.2. The van der Waals surface area contributed by atoms with Crippen molar-refractivity contribution in [2.75, 3.05) is 13.2 Å². The van der Waals surface area contributed by atoms with Crippen LogP contribution in [0.5, 0.6) is 11.5 Å². The van der Waals surface area contributed by atoms with E-state index in [1.165, 1.54) is 11.3 Å². The maximum atomic E-state index is 12.5. The third kappa shape index (κ3) is 3.89. The monoisotopic (exact) mass is 381 g/mol. The number of halogens is 1. The zero-order valence-electron chi connectivity index (χ0n) is 13.6. The number of benzene rings is 1. The smallest absolute Gasteiger partial charge is 0.271 e. The van der Waals surface area contributed by atoms with E-state index in [9.17, 15) is 4.79 Å². The summed E-state index contributed by atoms with van der Waals surface area (Å²) >= 11 is 1.41. The Morgan fingerprint density at radius 1 is 1.32 bits per heavy atom. The molecule has 0 saturated heterocycles. The van der Waals surface area contributed by atoms with Gasteiger partial charge in [-0.3, -0.25) is 4.79 Å². The van der Waals surface area contributed by atoms with Crippen molar-refractivity contribution >= 4 is 29.7 Å². The Morgan fingerprint density at radius 3 is 2.76 bits per heavy atom. The summed E-state index contributed by atoms with van der Waals surface area (Å²) in [5.74, 6) is 1.82. The normalized spacial score (nSPS) is 16.7. The molecule has 2 aliphatic rings. The molecule has 6 nitrogen and oxygen atoms in total. The highest BCUT2D eigenvalue weighted by atomic mass is 35.5. The molecule has 134 valence electrons. The second kappa shape index (κ2) is 7.59. The van der Waals surface area contributed by atoms with Crippen molar-refractivity contribution < 1.29 is 14.3 Å². The lowest BCUT2D eigenvalue weighted by Gasteiger charge is -2.22. The van der Waals surface area contributed by atoms with Crippen LogP contribution in [0.3, 0.4) is 0 Å². The Labute approximate surface area is 156 Å². The molecule has 25 heavy (non-hydrogen) atoms. The summed E-state index contributed by atoms with van der Waals surface area (Å²) in [6.45, 7) is 1.48. The predicted octanol–water partition coefficient (Wildman–Crippen LogP) is 2.68. The summed E-state index contributed by atoms with van der Waals surface area (Å²) in [6, 6.07) is 5.87. The van der Waals surface area contributed by atoms with Crippen molar-refractivity contribution in [3.63, 3.8) is 0 Å². The minimum Gasteiger partial charge on any atom is -0.486 e. The number of thiazole rings is 1. The Bertz CT molecular complexity index is 763. The lowest BCUT2D eigenvalue weighted by molar-refractivity contribution is 0.0927. The molecule has 1 unspecified atom stereocenters. The molecular weight excluding hydrogens is 362 g/mol. The van der Waals surface area contributed by atoms with Crippen LogP contribution in [0, 0.1) is 5.92 Å². The number of hydrogen-bond donors (Lipinski definition) is 2. The first kappa shape index (κ1) is 18.0. The molecule has 3 N–H and O–H groups in total. The zero-order chi connectivity index (χ0) is 16.5. The van der Waals surface area contributed by atoms with Gasteiger partial charge in [0.1, 0.15) is 23.9 Å². The van der Waals surface area contributed by atoms with E-state index in [-0.39, 0.29) is 24.4 Å². The molecule has 0 bridgehead atoms. The summed E-state index contributed by atoms with van der Waals surface area (Å²) in [6.07, 6.45) is 2.23. The van der Waals surface area contributed by atoms with Crippen LogP contribution in [0.1, 0.15) is 39.9 Å². The number of nitrogens with two attached hydrogens (primary N) is 1. The highest BCUT2D eigenvalue weighted by Crippen LogP contribution is 2.43. The van der Waals surface area contributed by atoms with Crippen molar-refractivity contribution in [1.29, 1.82) is 0 Å². The number of nitrogens with one attached hydrogen (secondary N) is 1. The van der Waals surface area contributed by atoms with E-state index in [2.05, 4.69) is 10.3 Å². The standard InChI is InChI=1S/C17H19N3O3S.ClH/c18-8-15-19-12(9-24-15)17(21)20-16(10-1-2-10)11-3-4-13-14(7-11)23-6-5-22-13;/h3-4,7,9-10,16H,1-2,5-6,8,18H2,(H,20,21);1H. The van der Waals surface area contributed by atoms with Gasteiger partial charge in [0.2, 0.25) is 0 Å². The van der Waals surface area contributed by atoms with Gasteiger partial charge in [0, 0.05) is 11.9 Å². The summed E-state index contributed by atoms with van der Waals surface area (Å²) in [5, 5.41) is 5.65. The average molecular weight is 382 g/mol. The molecule has 2 aromatic rings. The first-order valence-electron chi connectivity index (χ1n) is 8.09. The Hall–Kier alpha value is -1.83. The van der Waals surface area contributed by atoms with E-state index in [1.807, 2.05) is 18.2 Å². The second-order valence-corrected chi connectivity index (χ2v) is 6.96. The van der Waals surface area contributed by atoms with Gasteiger partial charge in [0.25, 0.3) is 5.91 Å². The molecular formula is C17H20ClN3O3S. The van der Waals surface area contributed by atoms with Crippen LogP contribution in [-0.4, -0.2) is 24.1 Å². The maximum absolute atomic E-state index is 12.5. The Balaban J connectivity index is 0.00000182. The quantitative estimate of drug-likeness (QED) is 0.831. The summed E-state index contributed by atoms with van der Waals surface area (Å²) in [7, 11) is 0. The largest absolute Gasteiger partial charge is 0.486 e. The number of hydrogen-bond acceptors (Lipinski definition) is 6. The molecule has 1 atom stereocenters. The number of nitrogens with zero attached hydrogens (tertiary/aromatic N) is 1. The molecule has 8 heteroatoms. The maximum Gasteiger partial charge on any atom is 0.271 e. The molecule has 0 spiro atoms. The fourth-order valence-electron chi connectivity index (χ4n) is 2.88. The number of carbonyl (C=O) groups is 1. The van der Waals surface area contributed by atoms with Crippen LogP contribution in [0.4, 0.5) is 0 Å². The van der Waals surface area contributed by atoms with Crippen LogP contribution in [0.25, 0.3) is 0 Å². The third-order valence-electron chi connectivity index (χ3n) is 4.26. The van der Waals surface area contributed by atoms with Gasteiger partial charge in [0.05, 0.1) is 6.04 Å². The second-order valence-electron chi connectivity index (χ2n) is 6.02. The summed E-state index contributed by atoms with van der Waals surface area (Å²) in [5.41, 5.74) is 7.05. The van der Waals surface area contributed by atoms with Crippen molar-refractivity contribution in [2.45, 2.75) is 25.4 Å². The van der Waals surface area contributed by atoms with Crippen LogP contribution in [-0.2, 0) is 6.54 Å². The number of rotatable bonds is 5. The number of aromatic nitrogens is 1. The minimum atomic E-state index is -0.155. The van der Waals surface area contributed by atoms with Gasteiger partial charge in [-0.25, -0.2) is 4.98 Å². The molecule has 1 amide bonds. The molecule has 1 aliphatic heterocycles. The fourth-order valence-corrected chi connectivity index (χ4v) is 3.54. The number of ether oxygens (including phenoxy) is 2. The fraction of sp³-hybridized carbons (Fsp3) is 0.412. The first-order chi connectivity index (χ1) is 11.7. The number of fused-ring (bicyclic) bond motifs is 1. The van der Waals surface area contributed by atoms with Crippen LogP contribution in [0.2, 0.25) is 0 Å². The van der Waals surface area contributed by atoms with Gasteiger partial charge in [0.15, 0.2) is 11.5 Å². The highest BCUT2D eigenvalue weighted by molar-refractivity contribution is 7.09. The molecule has 1 aromatic heterocycles. The first-order valence-corrected chi connectivity index (χ1v) is 8.97. The Morgan fingerprint density at radius 2 is 2.08 bits per heavy atom. The number of carbonyl (C=O) groups excluding carboxylic acids is 1. The van der Waals surface area contributed by atoms with Gasteiger partial charge in [-0.05, 0) is 36.5 Å². The van der Waals surface area contributed by atoms with Gasteiger partial charge in [-0.15, -0.1) is 23.7 Å². The molecule has 4 rings (SSSR count). The van der Waals surface area contributed by atoms with Crippen molar-refractivity contribution in [3.8, 4) is 11.5 Å². The van der Waals surface area contributed by atoms with Crippen LogP contribution >= 0.6 is 23.7 Å². The Kier molecular flexibility index (Phi) is 5.46. The summed E-state index contributed by atoms with van der Waals surface area (Å²) in [4.78, 5) is 16.8. The lowest BCUT2D eigenvalue weighted by atomic mass is 10.0. The predicted molar refractivity (Wildman–Crippen MR) is 97.6 cm³/mol. The van der Waals surface area contributed by atoms with Gasteiger partial charge >= 0.3 is 0 Å². The molecule has 2 heterocycles. The van der Waals surface area contributed by atoms with Crippen LogP contribution in [0.15, 0.2) is 23.6 Å². The minimum absolute atomic E-state index is 0. The van der Waals surface area contributed by atoms with E-state index in [0.29, 0.717) is 31.4 Å². The third-order valence-corrected chi connectivity index (χ3v) is 5.14. The van der Waals surface area contributed by atoms with Gasteiger partial charge < -0.3 is 20.5 Å². The van der Waals surface area contributed by atoms with Gasteiger partial charge in [-0.2, -0.15) is 0 Å². The van der Waals surface area contributed by atoms with Crippen molar-refractivity contribution in [1.82, 2.24) is 10.3 Å². The van der Waals surface area contributed by atoms with E-state index >= 15 is 0 Å². The highest BCUT2D eigenvalue weighted by Gasteiger charge is 2.34. The van der Waals surface area contributed by atoms with Crippen LogP contribution < -0.4 is 20.5 Å². The average Bonchev–Trinajstić information content (AvgIpc) is 3.34.